The molecular weight excluding hydrogens is 242 g/mol. The highest BCUT2D eigenvalue weighted by Gasteiger charge is 2.46. The zero-order valence-corrected chi connectivity index (χ0v) is 13.3. The van der Waals surface area contributed by atoms with Crippen LogP contribution in [0.15, 0.2) is 18.4 Å². The molecule has 0 spiro atoms. The SMILES string of the molecule is C=C=C[C@@H]1NC(=O)[C@@H]1[C@H](C)O[Si](C)(C)C(C)(C)C. The summed E-state index contributed by atoms with van der Waals surface area (Å²) in [6.45, 7) is 16.6. The Balaban J connectivity index is 2.74. The van der Waals surface area contributed by atoms with Gasteiger partial charge in [-0.15, -0.1) is 5.73 Å². The zero-order chi connectivity index (χ0) is 14.1. The summed E-state index contributed by atoms with van der Waals surface area (Å²) < 4.78 is 6.26. The maximum absolute atomic E-state index is 11.6. The predicted octanol–water partition coefficient (Wildman–Crippen LogP) is 2.85. The largest absolute Gasteiger partial charge is 0.413 e. The number of carbonyl (C=O) groups is 1. The summed E-state index contributed by atoms with van der Waals surface area (Å²) in [5.74, 6) is -0.0360. The molecule has 1 aliphatic heterocycles. The van der Waals surface area contributed by atoms with E-state index in [0.717, 1.165) is 0 Å². The van der Waals surface area contributed by atoms with Crippen molar-refractivity contribution in [2.75, 3.05) is 0 Å². The molecule has 1 saturated heterocycles. The molecule has 3 nitrogen and oxygen atoms in total. The lowest BCUT2D eigenvalue weighted by Crippen LogP contribution is -2.62. The van der Waals surface area contributed by atoms with E-state index >= 15 is 0 Å². The average molecular weight is 267 g/mol. The maximum atomic E-state index is 11.6. The minimum atomic E-state index is -1.83. The van der Waals surface area contributed by atoms with Crippen LogP contribution in [0.3, 0.4) is 0 Å². The zero-order valence-electron chi connectivity index (χ0n) is 12.3. The van der Waals surface area contributed by atoms with Gasteiger partial charge in [0.05, 0.1) is 18.1 Å². The third-order valence-corrected chi connectivity index (χ3v) is 8.66. The van der Waals surface area contributed by atoms with Gasteiger partial charge >= 0.3 is 0 Å². The van der Waals surface area contributed by atoms with Gasteiger partial charge in [0.25, 0.3) is 0 Å². The molecule has 1 fully saturated rings. The van der Waals surface area contributed by atoms with Gasteiger partial charge in [0.1, 0.15) is 0 Å². The topological polar surface area (TPSA) is 38.3 Å². The first-order valence-electron chi connectivity index (χ1n) is 6.44. The Bertz CT molecular complexity index is 378. The van der Waals surface area contributed by atoms with Gasteiger partial charge < -0.3 is 9.74 Å². The van der Waals surface area contributed by atoms with Crippen molar-refractivity contribution < 1.29 is 9.22 Å². The van der Waals surface area contributed by atoms with Crippen LogP contribution in [0.1, 0.15) is 27.7 Å². The lowest BCUT2D eigenvalue weighted by molar-refractivity contribution is -0.137. The summed E-state index contributed by atoms with van der Waals surface area (Å²) in [5.41, 5.74) is 2.73. The molecule has 0 radical (unpaired) electrons. The van der Waals surface area contributed by atoms with Gasteiger partial charge in [0.2, 0.25) is 5.91 Å². The number of hydrogen-bond acceptors (Lipinski definition) is 2. The second-order valence-corrected chi connectivity index (χ2v) is 11.3. The number of rotatable bonds is 4. The highest BCUT2D eigenvalue weighted by Crippen LogP contribution is 2.38. The molecule has 1 N–H and O–H groups in total. The molecule has 4 heteroatoms. The molecule has 1 aliphatic rings. The van der Waals surface area contributed by atoms with Crippen molar-refractivity contribution in [2.24, 2.45) is 5.92 Å². The summed E-state index contributed by atoms with van der Waals surface area (Å²) in [5, 5.41) is 3.00. The molecule has 0 unspecified atom stereocenters. The summed E-state index contributed by atoms with van der Waals surface area (Å²) in [6, 6.07) is 0.0229. The molecule has 1 rings (SSSR count). The van der Waals surface area contributed by atoms with E-state index in [4.69, 9.17) is 4.43 Å². The predicted molar refractivity (Wildman–Crippen MR) is 76.9 cm³/mol. The number of hydrogen-bond donors (Lipinski definition) is 1. The Morgan fingerprint density at radius 1 is 1.50 bits per heavy atom. The van der Waals surface area contributed by atoms with E-state index in [1.807, 2.05) is 6.92 Å². The molecule has 0 aromatic rings. The third-order valence-electron chi connectivity index (χ3n) is 4.09. The van der Waals surface area contributed by atoms with Crippen LogP contribution in [-0.4, -0.2) is 26.4 Å². The summed E-state index contributed by atoms with van der Waals surface area (Å²) in [6.07, 6.45) is 1.74. The van der Waals surface area contributed by atoms with E-state index < -0.39 is 8.32 Å². The first kappa shape index (κ1) is 15.2. The van der Waals surface area contributed by atoms with Crippen molar-refractivity contribution in [3.63, 3.8) is 0 Å². The van der Waals surface area contributed by atoms with Crippen molar-refractivity contribution in [3.05, 3.63) is 18.4 Å². The van der Waals surface area contributed by atoms with Gasteiger partial charge in [-0.2, -0.15) is 0 Å². The van der Waals surface area contributed by atoms with E-state index in [1.54, 1.807) is 6.08 Å². The van der Waals surface area contributed by atoms with Gasteiger partial charge in [-0.3, -0.25) is 4.79 Å². The van der Waals surface area contributed by atoms with Crippen molar-refractivity contribution in [1.82, 2.24) is 5.32 Å². The monoisotopic (exact) mass is 267 g/mol. The molecule has 18 heavy (non-hydrogen) atoms. The highest BCUT2D eigenvalue weighted by atomic mass is 28.4. The van der Waals surface area contributed by atoms with Crippen molar-refractivity contribution in [3.8, 4) is 0 Å². The van der Waals surface area contributed by atoms with Gasteiger partial charge in [0.15, 0.2) is 8.32 Å². The first-order chi connectivity index (χ1) is 8.10. The van der Waals surface area contributed by atoms with Gasteiger partial charge in [-0.25, -0.2) is 0 Å². The fraction of sp³-hybridized carbons (Fsp3) is 0.714. The molecule has 0 aliphatic carbocycles. The van der Waals surface area contributed by atoms with Crippen LogP contribution in [0.5, 0.6) is 0 Å². The molecule has 0 aromatic carbocycles. The van der Waals surface area contributed by atoms with Crippen LogP contribution >= 0.6 is 0 Å². The second-order valence-electron chi connectivity index (χ2n) is 6.51. The van der Waals surface area contributed by atoms with Crippen molar-refractivity contribution in [1.29, 1.82) is 0 Å². The molecule has 1 amide bonds. The van der Waals surface area contributed by atoms with E-state index in [2.05, 4.69) is 51.5 Å². The van der Waals surface area contributed by atoms with Crippen LogP contribution in [0, 0.1) is 5.92 Å². The Morgan fingerprint density at radius 3 is 2.44 bits per heavy atom. The minimum absolute atomic E-state index is 0.0229. The van der Waals surface area contributed by atoms with E-state index in [1.165, 1.54) is 0 Å². The molecule has 0 aromatic heterocycles. The smallest absolute Gasteiger partial charge is 0.228 e. The fourth-order valence-electron chi connectivity index (χ4n) is 1.91. The number of β-lactam (4-membered cyclic amide) rings is 1. The number of carbonyl (C=O) groups excluding carboxylic acids is 1. The quantitative estimate of drug-likeness (QED) is 0.483. The Morgan fingerprint density at radius 2 is 2.06 bits per heavy atom. The van der Waals surface area contributed by atoms with Crippen LogP contribution in [0.4, 0.5) is 0 Å². The summed E-state index contributed by atoms with van der Waals surface area (Å²) >= 11 is 0. The number of amides is 1. The lowest BCUT2D eigenvalue weighted by atomic mass is 9.86. The van der Waals surface area contributed by atoms with Crippen LogP contribution in [-0.2, 0) is 9.22 Å². The summed E-state index contributed by atoms with van der Waals surface area (Å²) in [7, 11) is -1.83. The van der Waals surface area contributed by atoms with E-state index in [-0.39, 0.29) is 29.0 Å². The van der Waals surface area contributed by atoms with Crippen LogP contribution in [0.2, 0.25) is 18.1 Å². The van der Waals surface area contributed by atoms with Crippen molar-refractivity contribution in [2.45, 2.75) is 58.0 Å². The standard InChI is InChI=1S/C14H25NO2Si/c1-8-9-11-12(13(16)15-11)10(2)17-18(6,7)14(3,4)5/h9-12H,1H2,2-7H3,(H,15,16)/t10-,11-,12+/m0/s1. The minimum Gasteiger partial charge on any atom is -0.413 e. The van der Waals surface area contributed by atoms with Crippen LogP contribution < -0.4 is 5.32 Å². The average Bonchev–Trinajstić information content (AvgIpc) is 2.13. The molecule has 3 atom stereocenters. The molecule has 0 bridgehead atoms. The van der Waals surface area contributed by atoms with Crippen molar-refractivity contribution >= 4 is 14.2 Å². The Kier molecular flexibility index (Phi) is 4.26. The maximum Gasteiger partial charge on any atom is 0.228 e. The van der Waals surface area contributed by atoms with Gasteiger partial charge in [-0.1, -0.05) is 27.4 Å². The van der Waals surface area contributed by atoms with Gasteiger partial charge in [0, 0.05) is 0 Å². The molecule has 102 valence electrons. The third kappa shape index (κ3) is 2.94. The first-order valence-corrected chi connectivity index (χ1v) is 9.35. The fourth-order valence-corrected chi connectivity index (χ4v) is 3.34. The van der Waals surface area contributed by atoms with Crippen LogP contribution in [0.25, 0.3) is 0 Å². The highest BCUT2D eigenvalue weighted by molar-refractivity contribution is 6.74. The van der Waals surface area contributed by atoms with E-state index in [0.29, 0.717) is 0 Å². The molecule has 1 heterocycles. The normalized spacial score (nSPS) is 25.8. The Hall–Kier alpha value is -0.833. The Labute approximate surface area is 111 Å². The molecular formula is C14H25NO2Si. The lowest BCUT2D eigenvalue weighted by Gasteiger charge is -2.44. The summed E-state index contributed by atoms with van der Waals surface area (Å²) in [4.78, 5) is 11.6. The van der Waals surface area contributed by atoms with Gasteiger partial charge in [-0.05, 0) is 31.1 Å². The molecule has 0 saturated carbocycles. The number of nitrogens with one attached hydrogen (secondary N) is 1. The second kappa shape index (κ2) is 5.04. The van der Waals surface area contributed by atoms with E-state index in [9.17, 15) is 4.79 Å².